The fourth-order valence-corrected chi connectivity index (χ4v) is 4.24. The molecule has 2 aromatic rings. The average Bonchev–Trinajstić information content (AvgIpc) is 2.53. The lowest BCUT2D eigenvalue weighted by atomic mass is 9.87. The number of halogens is 1. The summed E-state index contributed by atoms with van der Waals surface area (Å²) in [6, 6.07) is 17.8. The average molecular weight is 334 g/mol. The highest BCUT2D eigenvalue weighted by Gasteiger charge is 2.24. The molecule has 0 radical (unpaired) electrons. The van der Waals surface area contributed by atoms with Crippen molar-refractivity contribution in [2.24, 2.45) is 0 Å². The van der Waals surface area contributed by atoms with Crippen LogP contribution in [0.25, 0.3) is 0 Å². The number of benzene rings is 2. The molecule has 1 nitrogen and oxygen atoms in total. The zero-order valence-electron chi connectivity index (χ0n) is 13.0. The van der Waals surface area contributed by atoms with Crippen LogP contribution in [0.3, 0.4) is 0 Å². The van der Waals surface area contributed by atoms with Crippen LogP contribution in [0.5, 0.6) is 0 Å². The molecule has 0 bridgehead atoms. The Kier molecular flexibility index (Phi) is 6.81. The first-order valence-electron chi connectivity index (χ1n) is 7.96. The van der Waals surface area contributed by atoms with Gasteiger partial charge in [0.1, 0.15) is 0 Å². The van der Waals surface area contributed by atoms with E-state index < -0.39 is 0 Å². The van der Waals surface area contributed by atoms with E-state index in [4.69, 9.17) is 0 Å². The van der Waals surface area contributed by atoms with Gasteiger partial charge in [0.25, 0.3) is 0 Å². The van der Waals surface area contributed by atoms with Crippen molar-refractivity contribution < 1.29 is 0 Å². The van der Waals surface area contributed by atoms with Crippen molar-refractivity contribution in [1.29, 1.82) is 0 Å². The summed E-state index contributed by atoms with van der Waals surface area (Å²) in [5.41, 5.74) is 3.02. The van der Waals surface area contributed by atoms with E-state index in [9.17, 15) is 0 Å². The van der Waals surface area contributed by atoms with Crippen molar-refractivity contribution >= 4 is 24.2 Å². The van der Waals surface area contributed by atoms with E-state index in [0.717, 1.165) is 13.1 Å². The summed E-state index contributed by atoms with van der Waals surface area (Å²) in [6.07, 6.45) is 3.68. The summed E-state index contributed by atoms with van der Waals surface area (Å²) >= 11 is 1.92. The first-order chi connectivity index (χ1) is 10.4. The van der Waals surface area contributed by atoms with Crippen LogP contribution in [-0.4, -0.2) is 13.1 Å². The van der Waals surface area contributed by atoms with Crippen LogP contribution in [0.2, 0.25) is 0 Å². The summed E-state index contributed by atoms with van der Waals surface area (Å²) in [5.74, 6) is 0.557. The van der Waals surface area contributed by atoms with E-state index in [2.05, 4.69) is 60.8 Å². The molecule has 1 N–H and O–H groups in total. The van der Waals surface area contributed by atoms with Gasteiger partial charge in [-0.1, -0.05) is 55.1 Å². The van der Waals surface area contributed by atoms with E-state index in [0.29, 0.717) is 5.92 Å². The third-order valence-electron chi connectivity index (χ3n) is 4.08. The van der Waals surface area contributed by atoms with E-state index in [1.807, 2.05) is 11.8 Å². The standard InChI is InChI=1S/C19H23NS.ClH/c1-2-13-20-14-7-10-15-16-8-3-5-11-18(16)21-19-12-6-4-9-17(15)19;/h3-6,8-9,11-12,15,20H,2,7,10,13-14H2,1H3;1H. The second kappa shape index (κ2) is 8.61. The SMILES string of the molecule is CCCNCCCC1c2ccccc2Sc2ccccc21.Cl. The van der Waals surface area contributed by atoms with Crippen LogP contribution < -0.4 is 5.32 Å². The van der Waals surface area contributed by atoms with Crippen LogP contribution in [-0.2, 0) is 0 Å². The lowest BCUT2D eigenvalue weighted by molar-refractivity contribution is 0.582. The van der Waals surface area contributed by atoms with Crippen molar-refractivity contribution in [3.63, 3.8) is 0 Å². The van der Waals surface area contributed by atoms with Gasteiger partial charge in [0.05, 0.1) is 0 Å². The Morgan fingerprint density at radius 3 is 2.09 bits per heavy atom. The number of hydrogen-bond acceptors (Lipinski definition) is 2. The summed E-state index contributed by atoms with van der Waals surface area (Å²) in [5, 5.41) is 3.52. The van der Waals surface area contributed by atoms with Crippen molar-refractivity contribution in [1.82, 2.24) is 5.32 Å². The Morgan fingerprint density at radius 2 is 1.50 bits per heavy atom. The second-order valence-corrected chi connectivity index (χ2v) is 6.71. The molecule has 0 spiro atoms. The smallest absolute Gasteiger partial charge is 0.0160 e. The molecule has 1 aliphatic rings. The Hall–Kier alpha value is -0.960. The molecule has 1 aliphatic heterocycles. The largest absolute Gasteiger partial charge is 0.317 e. The Morgan fingerprint density at radius 1 is 0.909 bits per heavy atom. The molecule has 3 rings (SSSR count). The van der Waals surface area contributed by atoms with Gasteiger partial charge in [-0.05, 0) is 55.6 Å². The monoisotopic (exact) mass is 333 g/mol. The fraction of sp³-hybridized carbons (Fsp3) is 0.368. The highest BCUT2D eigenvalue weighted by Crippen LogP contribution is 2.47. The third-order valence-corrected chi connectivity index (χ3v) is 5.27. The molecule has 118 valence electrons. The second-order valence-electron chi connectivity index (χ2n) is 5.62. The Balaban J connectivity index is 0.00000176. The van der Waals surface area contributed by atoms with Gasteiger partial charge in [-0.15, -0.1) is 12.4 Å². The molecule has 1 heterocycles. The molecule has 22 heavy (non-hydrogen) atoms. The Labute approximate surface area is 144 Å². The van der Waals surface area contributed by atoms with E-state index in [1.54, 1.807) is 0 Å². The molecule has 0 amide bonds. The van der Waals surface area contributed by atoms with Crippen molar-refractivity contribution in [2.45, 2.75) is 41.9 Å². The maximum atomic E-state index is 3.52. The maximum Gasteiger partial charge on any atom is 0.0160 e. The molecule has 2 aromatic carbocycles. The predicted octanol–water partition coefficient (Wildman–Crippen LogP) is 5.48. The minimum atomic E-state index is 0. The molecule has 0 atom stereocenters. The van der Waals surface area contributed by atoms with E-state index >= 15 is 0 Å². The summed E-state index contributed by atoms with van der Waals surface area (Å²) < 4.78 is 0. The van der Waals surface area contributed by atoms with Gasteiger partial charge >= 0.3 is 0 Å². The molecule has 0 fully saturated rings. The third kappa shape index (κ3) is 3.87. The van der Waals surface area contributed by atoms with Crippen molar-refractivity contribution in [3.8, 4) is 0 Å². The first kappa shape index (κ1) is 17.4. The normalized spacial score (nSPS) is 13.1. The molecule has 0 saturated heterocycles. The lowest BCUT2D eigenvalue weighted by Gasteiger charge is -2.28. The van der Waals surface area contributed by atoms with Gasteiger partial charge in [0.15, 0.2) is 0 Å². The highest BCUT2D eigenvalue weighted by molar-refractivity contribution is 7.99. The molecule has 0 unspecified atom stereocenters. The van der Waals surface area contributed by atoms with Crippen LogP contribution in [0.15, 0.2) is 58.3 Å². The molecule has 0 aliphatic carbocycles. The molecule has 3 heteroatoms. The summed E-state index contributed by atoms with van der Waals surface area (Å²) in [4.78, 5) is 2.87. The zero-order valence-corrected chi connectivity index (χ0v) is 14.7. The maximum absolute atomic E-state index is 3.52. The van der Waals surface area contributed by atoms with Gasteiger partial charge in [-0.2, -0.15) is 0 Å². The highest BCUT2D eigenvalue weighted by atomic mass is 35.5. The van der Waals surface area contributed by atoms with E-state index in [-0.39, 0.29) is 12.4 Å². The van der Waals surface area contributed by atoms with Crippen molar-refractivity contribution in [3.05, 3.63) is 59.7 Å². The first-order valence-corrected chi connectivity index (χ1v) is 8.78. The number of fused-ring (bicyclic) bond motifs is 2. The minimum Gasteiger partial charge on any atom is -0.317 e. The lowest BCUT2D eigenvalue weighted by Crippen LogP contribution is -2.17. The molecular formula is C19H24ClNS. The fourth-order valence-electron chi connectivity index (χ4n) is 3.05. The minimum absolute atomic E-state index is 0. The van der Waals surface area contributed by atoms with Gasteiger partial charge in [0, 0.05) is 15.7 Å². The van der Waals surface area contributed by atoms with Crippen LogP contribution in [0.4, 0.5) is 0 Å². The Bertz CT molecular complexity index is 554. The number of rotatable bonds is 6. The van der Waals surface area contributed by atoms with Gasteiger partial charge in [-0.3, -0.25) is 0 Å². The van der Waals surface area contributed by atoms with Gasteiger partial charge < -0.3 is 5.32 Å². The number of hydrogen-bond donors (Lipinski definition) is 1. The van der Waals surface area contributed by atoms with Crippen LogP contribution in [0, 0.1) is 0 Å². The van der Waals surface area contributed by atoms with Crippen LogP contribution in [0.1, 0.15) is 43.2 Å². The van der Waals surface area contributed by atoms with Crippen LogP contribution >= 0.6 is 24.2 Å². The zero-order chi connectivity index (χ0) is 14.5. The number of nitrogens with one attached hydrogen (secondary N) is 1. The molecular weight excluding hydrogens is 310 g/mol. The topological polar surface area (TPSA) is 12.0 Å². The van der Waals surface area contributed by atoms with E-state index in [1.165, 1.54) is 40.2 Å². The van der Waals surface area contributed by atoms with Gasteiger partial charge in [-0.25, -0.2) is 0 Å². The summed E-state index contributed by atoms with van der Waals surface area (Å²) in [7, 11) is 0. The predicted molar refractivity (Wildman–Crippen MR) is 98.5 cm³/mol. The van der Waals surface area contributed by atoms with Gasteiger partial charge in [0.2, 0.25) is 0 Å². The molecule has 0 saturated carbocycles. The molecule has 0 aromatic heterocycles. The van der Waals surface area contributed by atoms with Crippen molar-refractivity contribution in [2.75, 3.05) is 13.1 Å². The summed E-state index contributed by atoms with van der Waals surface area (Å²) in [6.45, 7) is 4.48. The quantitative estimate of drug-likeness (QED) is 0.702.